The van der Waals surface area contributed by atoms with Crippen LogP contribution in [0, 0.1) is 0 Å². The average Bonchev–Trinajstić information content (AvgIpc) is 2.55. The summed E-state index contributed by atoms with van der Waals surface area (Å²) >= 11 is 0. The van der Waals surface area contributed by atoms with Crippen molar-refractivity contribution >= 4 is 11.7 Å². The maximum Gasteiger partial charge on any atom is 0.332 e. The van der Waals surface area contributed by atoms with Gasteiger partial charge in [0.15, 0.2) is 5.54 Å². The van der Waals surface area contributed by atoms with Crippen molar-refractivity contribution in [2.45, 2.75) is 5.54 Å². The second kappa shape index (κ2) is 6.41. The predicted octanol–water partition coefficient (Wildman–Crippen LogP) is 2.15. The highest BCUT2D eigenvalue weighted by Gasteiger charge is 2.38. The SMILES string of the molecule is COC(=O)C(N)(CN(C)c1ccccc1)c1ccccc1. The third-order valence-electron chi connectivity index (χ3n) is 3.52. The zero-order valence-electron chi connectivity index (χ0n) is 12.3. The molecular formula is C17H20N2O2. The van der Waals surface area contributed by atoms with Gasteiger partial charge in [-0.15, -0.1) is 0 Å². The number of nitrogens with two attached hydrogens (primary N) is 1. The van der Waals surface area contributed by atoms with Gasteiger partial charge in [-0.05, 0) is 17.7 Å². The first kappa shape index (κ1) is 15.1. The minimum absolute atomic E-state index is 0.327. The second-order valence-electron chi connectivity index (χ2n) is 5.02. The highest BCUT2D eigenvalue weighted by molar-refractivity contribution is 5.83. The van der Waals surface area contributed by atoms with Crippen LogP contribution < -0.4 is 10.6 Å². The van der Waals surface area contributed by atoms with Crippen LogP contribution in [0.15, 0.2) is 60.7 Å². The van der Waals surface area contributed by atoms with Gasteiger partial charge >= 0.3 is 5.97 Å². The Labute approximate surface area is 125 Å². The molecule has 0 aliphatic rings. The monoisotopic (exact) mass is 284 g/mol. The van der Waals surface area contributed by atoms with Gasteiger partial charge in [-0.25, -0.2) is 4.79 Å². The molecule has 2 rings (SSSR count). The Bertz CT molecular complexity index is 586. The lowest BCUT2D eigenvalue weighted by Gasteiger charge is -2.32. The lowest BCUT2D eigenvalue weighted by atomic mass is 9.90. The fourth-order valence-corrected chi connectivity index (χ4v) is 2.34. The smallest absolute Gasteiger partial charge is 0.332 e. The molecule has 0 bridgehead atoms. The van der Waals surface area contributed by atoms with E-state index in [2.05, 4.69) is 0 Å². The van der Waals surface area contributed by atoms with E-state index < -0.39 is 11.5 Å². The van der Waals surface area contributed by atoms with Crippen molar-refractivity contribution in [2.75, 3.05) is 25.6 Å². The molecule has 110 valence electrons. The van der Waals surface area contributed by atoms with Crippen molar-refractivity contribution in [3.05, 3.63) is 66.2 Å². The number of carbonyl (C=O) groups is 1. The van der Waals surface area contributed by atoms with Crippen LogP contribution in [0.1, 0.15) is 5.56 Å². The van der Waals surface area contributed by atoms with E-state index in [0.29, 0.717) is 6.54 Å². The van der Waals surface area contributed by atoms with E-state index >= 15 is 0 Å². The van der Waals surface area contributed by atoms with Gasteiger partial charge in [-0.3, -0.25) is 0 Å². The molecule has 4 nitrogen and oxygen atoms in total. The lowest BCUT2D eigenvalue weighted by molar-refractivity contribution is -0.147. The molecule has 0 aliphatic heterocycles. The van der Waals surface area contributed by atoms with Gasteiger partial charge in [0, 0.05) is 12.7 Å². The van der Waals surface area contributed by atoms with E-state index in [1.165, 1.54) is 7.11 Å². The lowest BCUT2D eigenvalue weighted by Crippen LogP contribution is -2.53. The Kier molecular flexibility index (Phi) is 4.60. The van der Waals surface area contributed by atoms with Gasteiger partial charge in [0.25, 0.3) is 0 Å². The van der Waals surface area contributed by atoms with Crippen LogP contribution in [0.3, 0.4) is 0 Å². The number of ether oxygens (including phenoxy) is 1. The zero-order chi connectivity index (χ0) is 15.3. The quantitative estimate of drug-likeness (QED) is 0.855. The molecule has 0 radical (unpaired) electrons. The molecule has 2 aromatic rings. The van der Waals surface area contributed by atoms with Crippen molar-refractivity contribution < 1.29 is 9.53 Å². The molecule has 2 aromatic carbocycles. The summed E-state index contributed by atoms with van der Waals surface area (Å²) in [6, 6.07) is 19.1. The summed E-state index contributed by atoms with van der Waals surface area (Å²) < 4.78 is 4.92. The maximum atomic E-state index is 12.2. The summed E-state index contributed by atoms with van der Waals surface area (Å²) in [6.07, 6.45) is 0. The molecule has 1 unspecified atom stereocenters. The number of hydrogen-bond acceptors (Lipinski definition) is 4. The number of likely N-dealkylation sites (N-methyl/N-ethyl adjacent to an activating group) is 1. The zero-order valence-corrected chi connectivity index (χ0v) is 12.3. The number of para-hydroxylation sites is 1. The number of hydrogen-bond donors (Lipinski definition) is 1. The number of nitrogens with zero attached hydrogens (tertiary/aromatic N) is 1. The van der Waals surface area contributed by atoms with Gasteiger partial charge in [0.2, 0.25) is 0 Å². The largest absolute Gasteiger partial charge is 0.467 e. The van der Waals surface area contributed by atoms with Crippen molar-refractivity contribution in [3.8, 4) is 0 Å². The molecule has 0 aliphatic carbocycles. The summed E-state index contributed by atoms with van der Waals surface area (Å²) in [5.41, 5.74) is 6.92. The van der Waals surface area contributed by atoms with Crippen LogP contribution in [0.2, 0.25) is 0 Å². The maximum absolute atomic E-state index is 12.2. The fourth-order valence-electron chi connectivity index (χ4n) is 2.34. The van der Waals surface area contributed by atoms with Crippen LogP contribution in [0.5, 0.6) is 0 Å². The van der Waals surface area contributed by atoms with Gasteiger partial charge in [-0.1, -0.05) is 48.5 Å². The minimum atomic E-state index is -1.21. The predicted molar refractivity (Wildman–Crippen MR) is 84.0 cm³/mol. The van der Waals surface area contributed by atoms with Gasteiger partial charge in [-0.2, -0.15) is 0 Å². The van der Waals surface area contributed by atoms with Crippen molar-refractivity contribution in [1.82, 2.24) is 0 Å². The Morgan fingerprint density at radius 1 is 1.10 bits per heavy atom. The van der Waals surface area contributed by atoms with Gasteiger partial charge < -0.3 is 15.4 Å². The molecule has 4 heteroatoms. The van der Waals surface area contributed by atoms with Gasteiger partial charge in [0.05, 0.1) is 13.7 Å². The molecule has 2 N–H and O–H groups in total. The first-order valence-electron chi connectivity index (χ1n) is 6.77. The molecule has 0 aromatic heterocycles. The normalized spacial score (nSPS) is 13.3. The van der Waals surface area contributed by atoms with Crippen molar-refractivity contribution in [2.24, 2.45) is 5.73 Å². The van der Waals surface area contributed by atoms with Crippen molar-refractivity contribution in [1.29, 1.82) is 0 Å². The van der Waals surface area contributed by atoms with E-state index in [-0.39, 0.29) is 0 Å². The fraction of sp³-hybridized carbons (Fsp3) is 0.235. The Balaban J connectivity index is 2.32. The number of methoxy groups -OCH3 is 1. The molecule has 0 spiro atoms. The molecule has 21 heavy (non-hydrogen) atoms. The molecule has 0 saturated carbocycles. The number of rotatable bonds is 5. The van der Waals surface area contributed by atoms with E-state index in [4.69, 9.17) is 10.5 Å². The minimum Gasteiger partial charge on any atom is -0.467 e. The highest BCUT2D eigenvalue weighted by atomic mass is 16.5. The third-order valence-corrected chi connectivity index (χ3v) is 3.52. The van der Waals surface area contributed by atoms with E-state index in [1.807, 2.05) is 72.6 Å². The van der Waals surface area contributed by atoms with Crippen LogP contribution >= 0.6 is 0 Å². The summed E-state index contributed by atoms with van der Waals surface area (Å²) in [7, 11) is 3.26. The second-order valence-corrected chi connectivity index (χ2v) is 5.02. The number of anilines is 1. The number of benzene rings is 2. The number of carbonyl (C=O) groups excluding carboxylic acids is 1. The molecule has 0 amide bonds. The molecular weight excluding hydrogens is 264 g/mol. The Morgan fingerprint density at radius 3 is 2.14 bits per heavy atom. The topological polar surface area (TPSA) is 55.6 Å². The summed E-state index contributed by atoms with van der Waals surface area (Å²) in [5.74, 6) is -0.448. The molecule has 0 heterocycles. The first-order valence-corrected chi connectivity index (χ1v) is 6.77. The highest BCUT2D eigenvalue weighted by Crippen LogP contribution is 2.23. The van der Waals surface area contributed by atoms with Crippen molar-refractivity contribution in [3.63, 3.8) is 0 Å². The summed E-state index contributed by atoms with van der Waals surface area (Å²) in [6.45, 7) is 0.327. The van der Waals surface area contributed by atoms with Gasteiger partial charge in [0.1, 0.15) is 0 Å². The van der Waals surface area contributed by atoms with Crippen LogP contribution in [-0.4, -0.2) is 26.7 Å². The molecule has 0 saturated heterocycles. The third kappa shape index (κ3) is 3.23. The van der Waals surface area contributed by atoms with E-state index in [0.717, 1.165) is 11.3 Å². The first-order chi connectivity index (χ1) is 10.1. The van der Waals surface area contributed by atoms with Crippen LogP contribution in [0.4, 0.5) is 5.69 Å². The van der Waals surface area contributed by atoms with E-state index in [1.54, 1.807) is 0 Å². The van der Waals surface area contributed by atoms with Crippen LogP contribution in [-0.2, 0) is 15.1 Å². The Morgan fingerprint density at radius 2 is 1.62 bits per heavy atom. The average molecular weight is 284 g/mol. The summed E-state index contributed by atoms with van der Waals surface area (Å²) in [5, 5.41) is 0. The summed E-state index contributed by atoms with van der Waals surface area (Å²) in [4.78, 5) is 14.2. The Hall–Kier alpha value is -2.33. The van der Waals surface area contributed by atoms with Crippen LogP contribution in [0.25, 0.3) is 0 Å². The molecule has 0 fully saturated rings. The van der Waals surface area contributed by atoms with E-state index in [9.17, 15) is 4.79 Å². The number of esters is 1. The molecule has 1 atom stereocenters. The standard InChI is InChI=1S/C17H20N2O2/c1-19(15-11-7-4-8-12-15)13-17(18,16(20)21-2)14-9-5-3-6-10-14/h3-12H,13,18H2,1-2H3.